The van der Waals surface area contributed by atoms with Gasteiger partial charge in [-0.1, -0.05) is 15.9 Å². The second kappa shape index (κ2) is 5.79. The van der Waals surface area contributed by atoms with Crippen LogP contribution in [0.1, 0.15) is 12.8 Å². The molecule has 1 amide bonds. The fourth-order valence-corrected chi connectivity index (χ4v) is 4.52. The van der Waals surface area contributed by atoms with Gasteiger partial charge in [0.05, 0.1) is 0 Å². The molecule has 0 spiro atoms. The third-order valence-corrected chi connectivity index (χ3v) is 5.65. The Morgan fingerprint density at radius 2 is 2.20 bits per heavy atom. The molecule has 0 radical (unpaired) electrons. The monoisotopic (exact) mass is 364 g/mol. The summed E-state index contributed by atoms with van der Waals surface area (Å²) >= 11 is 3.13. The molecule has 0 aliphatic carbocycles. The van der Waals surface area contributed by atoms with Crippen molar-refractivity contribution in [2.75, 3.05) is 13.6 Å². The largest absolute Gasteiger partial charge is 0.358 e. The summed E-state index contributed by atoms with van der Waals surface area (Å²) in [6, 6.07) is 2.95. The summed E-state index contributed by atoms with van der Waals surface area (Å²) in [5, 5.41) is 2.44. The maximum atomic E-state index is 13.8. The van der Waals surface area contributed by atoms with Crippen molar-refractivity contribution in [3.05, 3.63) is 28.5 Å². The molecule has 1 atom stereocenters. The van der Waals surface area contributed by atoms with Crippen molar-refractivity contribution >= 4 is 31.9 Å². The quantitative estimate of drug-likeness (QED) is 0.883. The minimum Gasteiger partial charge on any atom is -0.358 e. The molecule has 0 bridgehead atoms. The summed E-state index contributed by atoms with van der Waals surface area (Å²) in [6.45, 7) is 0.215. The van der Waals surface area contributed by atoms with Crippen LogP contribution in [0.25, 0.3) is 0 Å². The zero-order valence-electron chi connectivity index (χ0n) is 10.8. The molecule has 1 unspecified atom stereocenters. The van der Waals surface area contributed by atoms with Crippen LogP contribution in [0.15, 0.2) is 27.6 Å². The molecule has 1 heterocycles. The van der Waals surface area contributed by atoms with Gasteiger partial charge in [0.15, 0.2) is 0 Å². The van der Waals surface area contributed by atoms with E-state index in [1.54, 1.807) is 0 Å². The molecule has 20 heavy (non-hydrogen) atoms. The van der Waals surface area contributed by atoms with Gasteiger partial charge in [0.25, 0.3) is 0 Å². The SMILES string of the molecule is CNC(=O)C1CCCN1S(=O)(=O)c1cc(Br)ccc1F. The first kappa shape index (κ1) is 15.4. The Kier molecular flexibility index (Phi) is 4.46. The van der Waals surface area contributed by atoms with Crippen molar-refractivity contribution in [2.45, 2.75) is 23.8 Å². The van der Waals surface area contributed by atoms with E-state index in [9.17, 15) is 17.6 Å². The third kappa shape index (κ3) is 2.72. The number of carbonyl (C=O) groups excluding carboxylic acids is 1. The van der Waals surface area contributed by atoms with Gasteiger partial charge in [0.2, 0.25) is 15.9 Å². The van der Waals surface area contributed by atoms with Crippen molar-refractivity contribution in [2.24, 2.45) is 0 Å². The molecular formula is C12H14BrFN2O3S. The van der Waals surface area contributed by atoms with E-state index in [2.05, 4.69) is 21.2 Å². The maximum absolute atomic E-state index is 13.8. The highest BCUT2D eigenvalue weighted by Crippen LogP contribution is 2.29. The maximum Gasteiger partial charge on any atom is 0.246 e. The molecule has 8 heteroatoms. The summed E-state index contributed by atoms with van der Waals surface area (Å²) in [7, 11) is -2.58. The minimum absolute atomic E-state index is 0.215. The number of nitrogens with one attached hydrogen (secondary N) is 1. The van der Waals surface area contributed by atoms with Gasteiger partial charge in [-0.25, -0.2) is 12.8 Å². The topological polar surface area (TPSA) is 66.5 Å². The molecule has 0 saturated carbocycles. The van der Waals surface area contributed by atoms with Crippen molar-refractivity contribution in [3.63, 3.8) is 0 Å². The predicted octanol–water partition coefficient (Wildman–Crippen LogP) is 1.49. The average Bonchev–Trinajstić information content (AvgIpc) is 2.90. The number of likely N-dealkylation sites (N-methyl/N-ethyl adjacent to an activating group) is 1. The molecular weight excluding hydrogens is 351 g/mol. The van der Waals surface area contributed by atoms with Crippen molar-refractivity contribution in [3.8, 4) is 0 Å². The molecule has 110 valence electrons. The zero-order chi connectivity index (χ0) is 14.9. The number of amides is 1. The number of sulfonamides is 1. The molecule has 0 aromatic heterocycles. The van der Waals surface area contributed by atoms with E-state index in [0.717, 1.165) is 10.4 Å². The van der Waals surface area contributed by atoms with Crippen molar-refractivity contribution < 1.29 is 17.6 Å². The smallest absolute Gasteiger partial charge is 0.246 e. The summed E-state index contributed by atoms with van der Waals surface area (Å²) in [5.41, 5.74) is 0. The lowest BCUT2D eigenvalue weighted by Crippen LogP contribution is -2.45. The van der Waals surface area contributed by atoms with E-state index >= 15 is 0 Å². The molecule has 5 nitrogen and oxygen atoms in total. The molecule has 1 aliphatic heterocycles. The van der Waals surface area contributed by atoms with Gasteiger partial charge < -0.3 is 5.32 Å². The van der Waals surface area contributed by atoms with E-state index in [-0.39, 0.29) is 12.5 Å². The summed E-state index contributed by atoms with van der Waals surface area (Å²) in [6.07, 6.45) is 1.02. The van der Waals surface area contributed by atoms with Crippen LogP contribution in [0, 0.1) is 5.82 Å². The lowest BCUT2D eigenvalue weighted by atomic mass is 10.2. The standard InChI is InChI=1S/C12H14BrFN2O3S/c1-15-12(17)10-3-2-6-16(10)20(18,19)11-7-8(13)4-5-9(11)14/h4-5,7,10H,2-3,6H2,1H3,(H,15,17). The molecule has 1 saturated heterocycles. The number of nitrogens with zero attached hydrogens (tertiary/aromatic N) is 1. The molecule has 1 aliphatic rings. The zero-order valence-corrected chi connectivity index (χ0v) is 13.2. The number of halogens is 2. The van der Waals surface area contributed by atoms with Crippen LogP contribution in [-0.4, -0.2) is 38.3 Å². The summed E-state index contributed by atoms with van der Waals surface area (Å²) < 4.78 is 40.4. The minimum atomic E-state index is -4.03. The van der Waals surface area contributed by atoms with Gasteiger partial charge in [-0.3, -0.25) is 4.79 Å². The Balaban J connectivity index is 2.44. The Labute approximate surface area is 125 Å². The second-order valence-electron chi connectivity index (χ2n) is 4.46. The van der Waals surface area contributed by atoms with E-state index in [1.807, 2.05) is 0 Å². The Bertz CT molecular complexity index is 636. The van der Waals surface area contributed by atoms with Gasteiger partial charge in [-0.05, 0) is 31.0 Å². The Morgan fingerprint density at radius 3 is 2.85 bits per heavy atom. The highest BCUT2D eigenvalue weighted by Gasteiger charge is 2.40. The van der Waals surface area contributed by atoms with Crippen LogP contribution < -0.4 is 5.32 Å². The van der Waals surface area contributed by atoms with E-state index in [0.29, 0.717) is 17.3 Å². The number of carbonyl (C=O) groups is 1. The van der Waals surface area contributed by atoms with Crippen molar-refractivity contribution in [1.29, 1.82) is 0 Å². The first-order chi connectivity index (χ1) is 9.37. The Morgan fingerprint density at radius 1 is 1.50 bits per heavy atom. The summed E-state index contributed by atoms with van der Waals surface area (Å²) in [5.74, 6) is -1.20. The predicted molar refractivity (Wildman–Crippen MR) is 75.1 cm³/mol. The highest BCUT2D eigenvalue weighted by molar-refractivity contribution is 9.10. The van der Waals surface area contributed by atoms with Crippen LogP contribution in [0.4, 0.5) is 4.39 Å². The van der Waals surface area contributed by atoms with Crippen LogP contribution in [0.3, 0.4) is 0 Å². The lowest BCUT2D eigenvalue weighted by molar-refractivity contribution is -0.123. The fourth-order valence-electron chi connectivity index (χ4n) is 2.26. The van der Waals surface area contributed by atoms with Gasteiger partial charge in [-0.15, -0.1) is 0 Å². The Hall–Kier alpha value is -0.990. The van der Waals surface area contributed by atoms with Crippen LogP contribution >= 0.6 is 15.9 Å². The van der Waals surface area contributed by atoms with Gasteiger partial charge in [0, 0.05) is 18.1 Å². The second-order valence-corrected chi connectivity index (χ2v) is 7.24. The van der Waals surface area contributed by atoms with E-state index in [4.69, 9.17) is 0 Å². The van der Waals surface area contributed by atoms with Crippen LogP contribution in [-0.2, 0) is 14.8 Å². The fraction of sp³-hybridized carbons (Fsp3) is 0.417. The molecule has 1 fully saturated rings. The van der Waals surface area contributed by atoms with E-state index < -0.39 is 26.8 Å². The average molecular weight is 365 g/mol. The lowest BCUT2D eigenvalue weighted by Gasteiger charge is -2.23. The van der Waals surface area contributed by atoms with Gasteiger partial charge in [-0.2, -0.15) is 4.31 Å². The third-order valence-electron chi connectivity index (χ3n) is 3.23. The molecule has 1 N–H and O–H groups in total. The molecule has 1 aromatic rings. The summed E-state index contributed by atoms with van der Waals surface area (Å²) in [4.78, 5) is 11.3. The molecule has 1 aromatic carbocycles. The normalized spacial score (nSPS) is 20.1. The van der Waals surface area contributed by atoms with Crippen LogP contribution in [0.2, 0.25) is 0 Å². The van der Waals surface area contributed by atoms with Crippen LogP contribution in [0.5, 0.6) is 0 Å². The van der Waals surface area contributed by atoms with E-state index in [1.165, 1.54) is 19.2 Å². The first-order valence-electron chi connectivity index (χ1n) is 6.06. The molecule has 2 rings (SSSR count). The number of hydrogen-bond acceptors (Lipinski definition) is 3. The highest BCUT2D eigenvalue weighted by atomic mass is 79.9. The van der Waals surface area contributed by atoms with Gasteiger partial charge in [0.1, 0.15) is 16.8 Å². The number of hydrogen-bond donors (Lipinski definition) is 1. The van der Waals surface area contributed by atoms with Crippen molar-refractivity contribution in [1.82, 2.24) is 9.62 Å². The van der Waals surface area contributed by atoms with Gasteiger partial charge >= 0.3 is 0 Å². The number of benzene rings is 1. The first-order valence-corrected chi connectivity index (χ1v) is 8.29. The number of rotatable bonds is 3.